The first-order valence-electron chi connectivity index (χ1n) is 7.79. The number of nitrogens with two attached hydrogens (primary N) is 1. The Morgan fingerprint density at radius 3 is 2.64 bits per heavy atom. The van der Waals surface area contributed by atoms with Gasteiger partial charge in [0.1, 0.15) is 5.75 Å². The quantitative estimate of drug-likeness (QED) is 0.752. The van der Waals surface area contributed by atoms with E-state index in [9.17, 15) is 0 Å². The summed E-state index contributed by atoms with van der Waals surface area (Å²) in [7, 11) is 0. The highest BCUT2D eigenvalue weighted by Crippen LogP contribution is 2.40. The van der Waals surface area contributed by atoms with Gasteiger partial charge < -0.3 is 15.5 Å². The van der Waals surface area contributed by atoms with Crippen LogP contribution in [0.3, 0.4) is 0 Å². The number of nitrogens with one attached hydrogen (secondary N) is 1. The summed E-state index contributed by atoms with van der Waals surface area (Å²) in [5, 5.41) is 1.13. The van der Waals surface area contributed by atoms with E-state index in [0.717, 1.165) is 35.2 Å². The Morgan fingerprint density at radius 1 is 1.09 bits per heavy atom. The van der Waals surface area contributed by atoms with Crippen LogP contribution < -0.4 is 10.5 Å². The second-order valence-electron chi connectivity index (χ2n) is 6.27. The van der Waals surface area contributed by atoms with Crippen molar-refractivity contribution in [3.63, 3.8) is 0 Å². The maximum absolute atomic E-state index is 6.02. The van der Waals surface area contributed by atoms with E-state index in [2.05, 4.69) is 54.4 Å². The van der Waals surface area contributed by atoms with Crippen LogP contribution in [0.2, 0.25) is 0 Å². The average molecular weight is 292 g/mol. The third kappa shape index (κ3) is 2.33. The van der Waals surface area contributed by atoms with Gasteiger partial charge in [0.05, 0.1) is 11.8 Å². The monoisotopic (exact) mass is 292 g/mol. The maximum Gasteiger partial charge on any atom is 0.119 e. The van der Waals surface area contributed by atoms with Gasteiger partial charge in [0, 0.05) is 17.1 Å². The van der Waals surface area contributed by atoms with E-state index in [1.807, 2.05) is 6.20 Å². The predicted molar refractivity (Wildman–Crippen MR) is 90.3 cm³/mol. The van der Waals surface area contributed by atoms with Gasteiger partial charge in [0.25, 0.3) is 0 Å². The Kier molecular flexibility index (Phi) is 3.07. The van der Waals surface area contributed by atoms with E-state index >= 15 is 0 Å². The second kappa shape index (κ2) is 5.09. The molecular formula is C19H20N2O. The minimum atomic E-state index is 0.326. The summed E-state index contributed by atoms with van der Waals surface area (Å²) < 4.78 is 6.02. The van der Waals surface area contributed by atoms with E-state index in [4.69, 9.17) is 10.5 Å². The molecule has 1 aromatic heterocycles. The first-order chi connectivity index (χ1) is 10.7. The molecule has 2 aromatic carbocycles. The van der Waals surface area contributed by atoms with Gasteiger partial charge in [-0.1, -0.05) is 23.8 Å². The lowest BCUT2D eigenvalue weighted by Gasteiger charge is -2.35. The Morgan fingerprint density at radius 2 is 1.86 bits per heavy atom. The number of H-pyrrole nitrogens is 1. The molecule has 0 radical (unpaired) electrons. The Balaban J connectivity index is 1.43. The molecule has 0 spiro atoms. The molecule has 0 amide bonds. The number of benzene rings is 2. The largest absolute Gasteiger partial charge is 0.490 e. The number of hydrogen-bond donors (Lipinski definition) is 2. The SMILES string of the molecule is Cc1ccc(O[C@H]2C[C@H](c3ccc4[nH]cc(N)c4c3)C2)cc1. The number of aromatic nitrogens is 1. The lowest BCUT2D eigenvalue weighted by Crippen LogP contribution is -2.32. The van der Waals surface area contributed by atoms with Gasteiger partial charge in [0.2, 0.25) is 0 Å². The molecule has 0 aliphatic heterocycles. The topological polar surface area (TPSA) is 51.0 Å². The zero-order valence-electron chi connectivity index (χ0n) is 12.7. The lowest BCUT2D eigenvalue weighted by molar-refractivity contribution is 0.0986. The van der Waals surface area contributed by atoms with Crippen molar-refractivity contribution >= 4 is 16.6 Å². The summed E-state index contributed by atoms with van der Waals surface area (Å²) in [6, 6.07) is 14.8. The van der Waals surface area contributed by atoms with E-state index in [0.29, 0.717) is 12.0 Å². The molecule has 3 N–H and O–H groups in total. The zero-order chi connectivity index (χ0) is 15.1. The standard InChI is InChI=1S/C19H20N2O/c1-12-2-5-15(6-3-12)22-16-8-14(9-16)13-4-7-19-17(10-13)18(20)11-21-19/h2-7,10-11,14,16,21H,8-9,20H2,1H3/t14-,16-. The first-order valence-corrected chi connectivity index (χ1v) is 7.79. The third-order valence-corrected chi connectivity index (χ3v) is 4.63. The molecule has 3 aromatic rings. The minimum absolute atomic E-state index is 0.326. The second-order valence-corrected chi connectivity index (χ2v) is 6.27. The smallest absolute Gasteiger partial charge is 0.119 e. The summed E-state index contributed by atoms with van der Waals surface area (Å²) in [6.45, 7) is 2.09. The summed E-state index contributed by atoms with van der Waals surface area (Å²) in [5.41, 5.74) is 10.5. The molecule has 22 heavy (non-hydrogen) atoms. The molecule has 1 aliphatic carbocycles. The van der Waals surface area contributed by atoms with Crippen LogP contribution in [0.5, 0.6) is 5.75 Å². The van der Waals surface area contributed by atoms with Crippen LogP contribution in [-0.2, 0) is 0 Å². The molecule has 1 saturated carbocycles. The molecule has 0 atom stereocenters. The van der Waals surface area contributed by atoms with Crippen molar-refractivity contribution in [2.75, 3.05) is 5.73 Å². The number of hydrogen-bond acceptors (Lipinski definition) is 2. The lowest BCUT2D eigenvalue weighted by atomic mass is 9.77. The average Bonchev–Trinajstić information content (AvgIpc) is 2.85. The molecule has 0 saturated heterocycles. The molecule has 1 fully saturated rings. The Bertz CT molecular complexity index is 798. The Labute approximate surface area is 130 Å². The van der Waals surface area contributed by atoms with Crippen molar-refractivity contribution in [3.05, 3.63) is 59.8 Å². The fourth-order valence-electron chi connectivity index (χ4n) is 3.16. The van der Waals surface area contributed by atoms with Crippen LogP contribution in [0.4, 0.5) is 5.69 Å². The van der Waals surface area contributed by atoms with E-state index in [1.165, 1.54) is 11.1 Å². The summed E-state index contributed by atoms with van der Waals surface area (Å²) in [6.07, 6.45) is 4.33. The Hall–Kier alpha value is -2.42. The number of ether oxygens (including phenoxy) is 1. The number of aryl methyl sites for hydroxylation is 1. The third-order valence-electron chi connectivity index (χ3n) is 4.63. The van der Waals surface area contributed by atoms with Crippen molar-refractivity contribution in [1.82, 2.24) is 4.98 Å². The van der Waals surface area contributed by atoms with Gasteiger partial charge in [-0.25, -0.2) is 0 Å². The highest BCUT2D eigenvalue weighted by molar-refractivity contribution is 5.91. The minimum Gasteiger partial charge on any atom is -0.490 e. The van der Waals surface area contributed by atoms with Gasteiger partial charge >= 0.3 is 0 Å². The summed E-state index contributed by atoms with van der Waals surface area (Å²) in [4.78, 5) is 3.19. The van der Waals surface area contributed by atoms with Crippen LogP contribution in [0, 0.1) is 6.92 Å². The predicted octanol–water partition coefficient (Wildman–Crippen LogP) is 4.38. The molecule has 3 nitrogen and oxygen atoms in total. The molecule has 0 bridgehead atoms. The van der Waals surface area contributed by atoms with Crippen LogP contribution in [-0.4, -0.2) is 11.1 Å². The van der Waals surface area contributed by atoms with Gasteiger partial charge in [-0.2, -0.15) is 0 Å². The van der Waals surface area contributed by atoms with Crippen molar-refractivity contribution < 1.29 is 4.74 Å². The van der Waals surface area contributed by atoms with E-state index < -0.39 is 0 Å². The number of rotatable bonds is 3. The van der Waals surface area contributed by atoms with Crippen molar-refractivity contribution in [3.8, 4) is 5.75 Å². The maximum atomic E-state index is 6.02. The summed E-state index contributed by atoms with van der Waals surface area (Å²) in [5.74, 6) is 1.55. The molecule has 0 unspecified atom stereocenters. The normalized spacial score (nSPS) is 20.8. The van der Waals surface area contributed by atoms with Crippen molar-refractivity contribution in [2.45, 2.75) is 31.8 Å². The number of anilines is 1. The fraction of sp³-hybridized carbons (Fsp3) is 0.263. The van der Waals surface area contributed by atoms with Crippen LogP contribution in [0.25, 0.3) is 10.9 Å². The molecule has 1 aliphatic rings. The molecule has 112 valence electrons. The van der Waals surface area contributed by atoms with Gasteiger partial charge in [-0.3, -0.25) is 0 Å². The van der Waals surface area contributed by atoms with Gasteiger partial charge in [0.15, 0.2) is 0 Å². The number of nitrogen functional groups attached to an aromatic ring is 1. The first kappa shape index (κ1) is 13.3. The van der Waals surface area contributed by atoms with E-state index in [1.54, 1.807) is 0 Å². The molecule has 4 rings (SSSR count). The van der Waals surface area contributed by atoms with Crippen molar-refractivity contribution in [2.24, 2.45) is 0 Å². The van der Waals surface area contributed by atoms with Crippen LogP contribution in [0.1, 0.15) is 29.9 Å². The van der Waals surface area contributed by atoms with E-state index in [-0.39, 0.29) is 0 Å². The molecular weight excluding hydrogens is 272 g/mol. The van der Waals surface area contributed by atoms with Gasteiger partial charge in [-0.15, -0.1) is 0 Å². The highest BCUT2D eigenvalue weighted by atomic mass is 16.5. The van der Waals surface area contributed by atoms with Crippen LogP contribution >= 0.6 is 0 Å². The summed E-state index contributed by atoms with van der Waals surface area (Å²) >= 11 is 0. The van der Waals surface area contributed by atoms with Gasteiger partial charge in [-0.05, 0) is 55.5 Å². The highest BCUT2D eigenvalue weighted by Gasteiger charge is 2.32. The molecule has 3 heteroatoms. The number of aromatic amines is 1. The van der Waals surface area contributed by atoms with Crippen LogP contribution in [0.15, 0.2) is 48.7 Å². The zero-order valence-corrected chi connectivity index (χ0v) is 12.7. The van der Waals surface area contributed by atoms with Crippen molar-refractivity contribution in [1.29, 1.82) is 0 Å². The fourth-order valence-corrected chi connectivity index (χ4v) is 3.16. The molecule has 1 heterocycles. The number of fused-ring (bicyclic) bond motifs is 1.